The first-order valence-corrected chi connectivity index (χ1v) is 7.73. The molecule has 4 rings (SSSR count). The van der Waals surface area contributed by atoms with Gasteiger partial charge >= 0.3 is 6.18 Å². The molecule has 0 saturated heterocycles. The monoisotopic (exact) mass is 369 g/mol. The Morgan fingerprint density at radius 2 is 1.96 bits per heavy atom. The van der Waals surface area contributed by atoms with Crippen molar-refractivity contribution >= 4 is 11.6 Å². The summed E-state index contributed by atoms with van der Waals surface area (Å²) in [6.07, 6.45) is -2.32. The number of nitrogens with one attached hydrogen (secondary N) is 1. The zero-order valence-corrected chi connectivity index (χ0v) is 13.2. The number of alkyl halides is 4. The van der Waals surface area contributed by atoms with Gasteiger partial charge in [-0.05, 0) is 30.5 Å². The van der Waals surface area contributed by atoms with Crippen molar-refractivity contribution in [1.82, 2.24) is 19.6 Å². The number of aromatic nitrogens is 4. The number of hydrogen-bond acceptors (Lipinski definition) is 4. The van der Waals surface area contributed by atoms with Crippen LogP contribution in [0.25, 0.3) is 5.78 Å². The van der Waals surface area contributed by atoms with Gasteiger partial charge in [0.1, 0.15) is 24.6 Å². The predicted molar refractivity (Wildman–Crippen MR) is 81.5 cm³/mol. The number of benzene rings is 1. The molecular formula is C16H12F5N5. The Labute approximate surface area is 143 Å². The van der Waals surface area contributed by atoms with Gasteiger partial charge in [-0.3, -0.25) is 0 Å². The topological polar surface area (TPSA) is 55.1 Å². The Balaban J connectivity index is 1.71. The first-order chi connectivity index (χ1) is 12.3. The molecule has 5 nitrogen and oxygen atoms in total. The van der Waals surface area contributed by atoms with Crippen LogP contribution in [-0.4, -0.2) is 19.6 Å². The van der Waals surface area contributed by atoms with Gasteiger partial charge in [0.25, 0.3) is 5.78 Å². The molecule has 1 saturated carbocycles. The highest BCUT2D eigenvalue weighted by atomic mass is 19.4. The minimum atomic E-state index is -4.75. The molecule has 1 fully saturated rings. The highest BCUT2D eigenvalue weighted by Gasteiger charge is 2.46. The van der Waals surface area contributed by atoms with Crippen molar-refractivity contribution < 1.29 is 22.0 Å². The van der Waals surface area contributed by atoms with Crippen LogP contribution in [0.1, 0.15) is 29.7 Å². The van der Waals surface area contributed by atoms with Crippen molar-refractivity contribution in [1.29, 1.82) is 0 Å². The summed E-state index contributed by atoms with van der Waals surface area (Å²) in [6, 6.07) is 4.32. The van der Waals surface area contributed by atoms with Crippen LogP contribution in [0.2, 0.25) is 0 Å². The Bertz CT molecular complexity index is 977. The molecule has 1 N–H and O–H groups in total. The van der Waals surface area contributed by atoms with E-state index >= 15 is 0 Å². The van der Waals surface area contributed by atoms with E-state index in [2.05, 4.69) is 20.4 Å². The van der Waals surface area contributed by atoms with Crippen LogP contribution < -0.4 is 5.32 Å². The summed E-state index contributed by atoms with van der Waals surface area (Å²) in [5, 5.41) is 7.14. The third kappa shape index (κ3) is 2.74. The molecule has 2 aromatic heterocycles. The van der Waals surface area contributed by atoms with Crippen molar-refractivity contribution in [2.75, 3.05) is 5.32 Å². The van der Waals surface area contributed by atoms with Gasteiger partial charge in [-0.2, -0.15) is 27.8 Å². The van der Waals surface area contributed by atoms with Gasteiger partial charge < -0.3 is 5.32 Å². The van der Waals surface area contributed by atoms with E-state index in [1.54, 1.807) is 0 Å². The van der Waals surface area contributed by atoms with Crippen LogP contribution in [0.3, 0.4) is 0 Å². The Morgan fingerprint density at radius 3 is 2.58 bits per heavy atom. The maximum Gasteiger partial charge on any atom is 0.419 e. The molecule has 0 spiro atoms. The standard InChI is InChI=1S/C16H12F5N5/c17-7-10-6-13(26-14(24-10)22-8-23-26)25-15(3-4-15)9-1-2-11(12(18)5-9)16(19,20)21/h1-2,5-6,8,25H,3-4,7H2. The first kappa shape index (κ1) is 16.7. The summed E-state index contributed by atoms with van der Waals surface area (Å²) >= 11 is 0. The highest BCUT2D eigenvalue weighted by Crippen LogP contribution is 2.49. The Morgan fingerprint density at radius 1 is 1.19 bits per heavy atom. The maximum absolute atomic E-state index is 13.9. The molecule has 3 aromatic rings. The molecule has 0 radical (unpaired) electrons. The summed E-state index contributed by atoms with van der Waals surface area (Å²) in [4.78, 5) is 7.89. The van der Waals surface area contributed by atoms with Gasteiger partial charge in [0.05, 0.1) is 16.8 Å². The number of rotatable bonds is 4. The van der Waals surface area contributed by atoms with E-state index in [0.29, 0.717) is 24.2 Å². The molecule has 0 aliphatic heterocycles. The first-order valence-electron chi connectivity index (χ1n) is 7.73. The smallest absolute Gasteiger partial charge is 0.360 e. The molecule has 0 amide bonds. The minimum Gasteiger partial charge on any atom is -0.360 e. The molecule has 1 aliphatic rings. The lowest BCUT2D eigenvalue weighted by atomic mass is 10.0. The second-order valence-corrected chi connectivity index (χ2v) is 6.14. The van der Waals surface area contributed by atoms with Crippen LogP contribution in [-0.2, 0) is 18.4 Å². The lowest BCUT2D eigenvalue weighted by Gasteiger charge is -2.21. The molecule has 10 heteroatoms. The summed E-state index contributed by atoms with van der Waals surface area (Å²) in [6.45, 7) is -0.806. The zero-order chi connectivity index (χ0) is 18.5. The average Bonchev–Trinajstić information content (AvgIpc) is 3.20. The van der Waals surface area contributed by atoms with Gasteiger partial charge in [-0.15, -0.1) is 0 Å². The number of anilines is 1. The molecule has 0 atom stereocenters. The largest absolute Gasteiger partial charge is 0.419 e. The highest BCUT2D eigenvalue weighted by molar-refractivity contribution is 5.51. The average molecular weight is 369 g/mol. The normalized spacial score (nSPS) is 16.0. The number of fused-ring (bicyclic) bond motifs is 1. The summed E-state index contributed by atoms with van der Waals surface area (Å²) in [5.74, 6) is -0.747. The van der Waals surface area contributed by atoms with Crippen LogP contribution in [0.4, 0.5) is 27.8 Å². The van der Waals surface area contributed by atoms with E-state index in [0.717, 1.165) is 12.1 Å². The third-order valence-corrected chi connectivity index (χ3v) is 4.39. The van der Waals surface area contributed by atoms with E-state index in [-0.39, 0.29) is 11.5 Å². The van der Waals surface area contributed by atoms with E-state index in [1.165, 1.54) is 23.0 Å². The SMILES string of the molecule is FCc1cc(NC2(c3ccc(C(F)(F)F)c(F)c3)CC2)n2ncnc2n1. The molecule has 0 bridgehead atoms. The van der Waals surface area contributed by atoms with Crippen molar-refractivity contribution in [2.45, 2.75) is 31.2 Å². The van der Waals surface area contributed by atoms with Crippen molar-refractivity contribution in [3.63, 3.8) is 0 Å². The lowest BCUT2D eigenvalue weighted by Crippen LogP contribution is -2.22. The fourth-order valence-electron chi connectivity index (χ4n) is 2.92. The summed E-state index contributed by atoms with van der Waals surface area (Å²) < 4.78 is 66.5. The second-order valence-electron chi connectivity index (χ2n) is 6.14. The molecule has 1 aromatic carbocycles. The summed E-state index contributed by atoms with van der Waals surface area (Å²) in [7, 11) is 0. The van der Waals surface area contributed by atoms with Crippen molar-refractivity contribution in [3.8, 4) is 0 Å². The van der Waals surface area contributed by atoms with E-state index in [1.807, 2.05) is 0 Å². The molecule has 26 heavy (non-hydrogen) atoms. The molecule has 0 unspecified atom stereocenters. The molecule has 2 heterocycles. The Hall–Kier alpha value is -2.78. The van der Waals surface area contributed by atoms with Gasteiger partial charge in [0.15, 0.2) is 0 Å². The molecule has 1 aliphatic carbocycles. The van der Waals surface area contributed by atoms with E-state index in [4.69, 9.17) is 0 Å². The van der Waals surface area contributed by atoms with Gasteiger partial charge in [-0.25, -0.2) is 13.8 Å². The van der Waals surface area contributed by atoms with Crippen molar-refractivity contribution in [3.05, 3.63) is 53.2 Å². The lowest BCUT2D eigenvalue weighted by molar-refractivity contribution is -0.140. The number of hydrogen-bond donors (Lipinski definition) is 1. The van der Waals surface area contributed by atoms with E-state index in [9.17, 15) is 22.0 Å². The van der Waals surface area contributed by atoms with Crippen LogP contribution in [0.15, 0.2) is 30.6 Å². The predicted octanol–water partition coefficient (Wildman–Crippen LogP) is 3.85. The van der Waals surface area contributed by atoms with Gasteiger partial charge in [0.2, 0.25) is 0 Å². The molecular weight excluding hydrogens is 357 g/mol. The molecule has 136 valence electrons. The second kappa shape index (κ2) is 5.61. The fraction of sp³-hybridized carbons (Fsp3) is 0.312. The van der Waals surface area contributed by atoms with Crippen LogP contribution in [0.5, 0.6) is 0 Å². The van der Waals surface area contributed by atoms with Gasteiger partial charge in [0, 0.05) is 6.07 Å². The zero-order valence-electron chi connectivity index (χ0n) is 13.2. The minimum absolute atomic E-state index is 0.141. The number of halogens is 5. The van der Waals surface area contributed by atoms with Crippen LogP contribution in [0, 0.1) is 5.82 Å². The van der Waals surface area contributed by atoms with Crippen LogP contribution >= 0.6 is 0 Å². The maximum atomic E-state index is 13.9. The third-order valence-electron chi connectivity index (χ3n) is 4.39. The summed E-state index contributed by atoms with van der Waals surface area (Å²) in [5.41, 5.74) is -1.52. The fourth-order valence-corrected chi connectivity index (χ4v) is 2.92. The Kier molecular flexibility index (Phi) is 3.60. The van der Waals surface area contributed by atoms with E-state index < -0.39 is 29.8 Å². The van der Waals surface area contributed by atoms with Gasteiger partial charge in [-0.1, -0.05) is 6.07 Å². The number of nitrogens with zero attached hydrogens (tertiary/aromatic N) is 4. The quantitative estimate of drug-likeness (QED) is 0.710. The van der Waals surface area contributed by atoms with Crippen molar-refractivity contribution in [2.24, 2.45) is 0 Å².